The van der Waals surface area contributed by atoms with E-state index in [-0.39, 0.29) is 12.6 Å². The summed E-state index contributed by atoms with van der Waals surface area (Å²) in [5.74, 6) is -0.370. The lowest BCUT2D eigenvalue weighted by Gasteiger charge is -2.20. The summed E-state index contributed by atoms with van der Waals surface area (Å²) in [7, 11) is 0. The predicted octanol–water partition coefficient (Wildman–Crippen LogP) is 2.74. The minimum Gasteiger partial charge on any atom is -0.455 e. The summed E-state index contributed by atoms with van der Waals surface area (Å²) >= 11 is 0. The normalized spacial score (nSPS) is 11.4. The summed E-state index contributed by atoms with van der Waals surface area (Å²) in [4.78, 5) is 16.2. The number of carbonyl (C=O) groups is 1. The zero-order valence-corrected chi connectivity index (χ0v) is 12.0. The van der Waals surface area contributed by atoms with Gasteiger partial charge in [-0.1, -0.05) is 12.5 Å². The van der Waals surface area contributed by atoms with Gasteiger partial charge in [0.2, 0.25) is 0 Å². The van der Waals surface area contributed by atoms with Gasteiger partial charge in [0.05, 0.1) is 0 Å². The Morgan fingerprint density at radius 2 is 2.05 bits per heavy atom. The molecule has 0 radical (unpaired) electrons. The Bertz CT molecular complexity index is 410. The number of rotatable bonds is 6. The van der Waals surface area contributed by atoms with Crippen molar-refractivity contribution in [3.05, 3.63) is 29.6 Å². The fraction of sp³-hybridized carbons (Fsp3) is 0.600. The Hall–Kier alpha value is -1.42. The number of nitrogens with zero attached hydrogens (tertiary/aromatic N) is 1. The lowest BCUT2D eigenvalue weighted by molar-refractivity contribution is 0.00615. The number of aliphatic hydroxyl groups is 1. The van der Waals surface area contributed by atoms with Gasteiger partial charge in [-0.2, -0.15) is 0 Å². The average Bonchev–Trinajstić information content (AvgIpc) is 2.33. The van der Waals surface area contributed by atoms with Crippen LogP contribution in [0.1, 0.15) is 56.1 Å². The van der Waals surface area contributed by atoms with Crippen molar-refractivity contribution in [1.82, 2.24) is 4.98 Å². The lowest BCUT2D eigenvalue weighted by atomic mass is 10.1. The number of aliphatic hydroxyl groups excluding tert-OH is 1. The number of hydrogen-bond acceptors (Lipinski definition) is 4. The summed E-state index contributed by atoms with van der Waals surface area (Å²) in [6.45, 7) is 5.74. The molecule has 4 nitrogen and oxygen atoms in total. The van der Waals surface area contributed by atoms with Gasteiger partial charge in [0, 0.05) is 12.8 Å². The van der Waals surface area contributed by atoms with Crippen LogP contribution in [-0.4, -0.2) is 28.3 Å². The van der Waals surface area contributed by atoms with Crippen molar-refractivity contribution in [2.24, 2.45) is 0 Å². The van der Waals surface area contributed by atoms with Crippen molar-refractivity contribution >= 4 is 5.97 Å². The molecular formula is C15H23NO3. The van der Waals surface area contributed by atoms with E-state index in [0.717, 1.165) is 31.2 Å². The van der Waals surface area contributed by atoms with Crippen LogP contribution in [0, 0.1) is 0 Å². The molecular weight excluding hydrogens is 242 g/mol. The van der Waals surface area contributed by atoms with Crippen molar-refractivity contribution in [3.8, 4) is 0 Å². The second kappa shape index (κ2) is 7.24. The molecule has 0 spiro atoms. The fourth-order valence-corrected chi connectivity index (χ4v) is 1.75. The van der Waals surface area contributed by atoms with E-state index < -0.39 is 5.60 Å². The van der Waals surface area contributed by atoms with E-state index >= 15 is 0 Å². The van der Waals surface area contributed by atoms with Crippen LogP contribution in [0.5, 0.6) is 0 Å². The Morgan fingerprint density at radius 1 is 1.32 bits per heavy atom. The van der Waals surface area contributed by atoms with Gasteiger partial charge in [-0.05, 0) is 51.7 Å². The van der Waals surface area contributed by atoms with E-state index in [2.05, 4.69) is 4.98 Å². The zero-order valence-electron chi connectivity index (χ0n) is 12.0. The number of pyridine rings is 1. The van der Waals surface area contributed by atoms with Crippen molar-refractivity contribution in [1.29, 1.82) is 0 Å². The van der Waals surface area contributed by atoms with E-state index in [1.807, 2.05) is 32.9 Å². The van der Waals surface area contributed by atoms with E-state index in [1.165, 1.54) is 0 Å². The maximum atomic E-state index is 12.0. The van der Waals surface area contributed by atoms with Gasteiger partial charge in [-0.25, -0.2) is 9.78 Å². The van der Waals surface area contributed by atoms with Gasteiger partial charge >= 0.3 is 5.97 Å². The standard InChI is InChI=1S/C15H23NO3/c1-15(2,3)19-14(18)13-12(9-7-10-16-13)8-5-4-6-11-17/h7,9-10,17H,4-6,8,11H2,1-3H3. The van der Waals surface area contributed by atoms with Gasteiger partial charge in [0.1, 0.15) is 5.60 Å². The van der Waals surface area contributed by atoms with Crippen LogP contribution < -0.4 is 0 Å². The molecule has 4 heteroatoms. The highest BCUT2D eigenvalue weighted by Crippen LogP contribution is 2.15. The Labute approximate surface area is 114 Å². The number of ether oxygens (including phenoxy) is 1. The molecule has 0 aliphatic rings. The summed E-state index contributed by atoms with van der Waals surface area (Å²) in [6, 6.07) is 3.74. The molecule has 0 aliphatic heterocycles. The SMILES string of the molecule is CC(C)(C)OC(=O)c1ncccc1CCCCCO. The first-order valence-electron chi connectivity index (χ1n) is 6.72. The first-order chi connectivity index (χ1) is 8.94. The highest BCUT2D eigenvalue weighted by molar-refractivity contribution is 5.89. The molecule has 19 heavy (non-hydrogen) atoms. The molecule has 0 aliphatic carbocycles. The van der Waals surface area contributed by atoms with Crippen LogP contribution >= 0.6 is 0 Å². The van der Waals surface area contributed by atoms with Crippen LogP contribution in [0.4, 0.5) is 0 Å². The number of aromatic nitrogens is 1. The summed E-state index contributed by atoms with van der Waals surface area (Å²) in [5.41, 5.74) is 0.805. The Kier molecular flexibility index (Phi) is 5.96. The van der Waals surface area contributed by atoms with Crippen LogP contribution in [0.2, 0.25) is 0 Å². The first-order valence-corrected chi connectivity index (χ1v) is 6.72. The van der Waals surface area contributed by atoms with E-state index in [9.17, 15) is 4.79 Å². The zero-order chi connectivity index (χ0) is 14.3. The highest BCUT2D eigenvalue weighted by atomic mass is 16.6. The van der Waals surface area contributed by atoms with Crippen molar-refractivity contribution in [3.63, 3.8) is 0 Å². The van der Waals surface area contributed by atoms with Crippen molar-refractivity contribution in [2.45, 2.75) is 52.1 Å². The summed E-state index contributed by atoms with van der Waals surface area (Å²) in [5, 5.41) is 8.75. The van der Waals surface area contributed by atoms with Gasteiger partial charge in [0.25, 0.3) is 0 Å². The molecule has 106 valence electrons. The summed E-state index contributed by atoms with van der Waals surface area (Å²) in [6.07, 6.45) is 5.06. The number of hydrogen-bond donors (Lipinski definition) is 1. The molecule has 0 unspecified atom stereocenters. The molecule has 0 aromatic carbocycles. The van der Waals surface area contributed by atoms with Gasteiger partial charge in [-0.15, -0.1) is 0 Å². The van der Waals surface area contributed by atoms with Gasteiger partial charge in [0.15, 0.2) is 5.69 Å². The van der Waals surface area contributed by atoms with Gasteiger partial charge < -0.3 is 9.84 Å². The largest absolute Gasteiger partial charge is 0.455 e. The molecule has 1 aromatic rings. The molecule has 0 saturated heterocycles. The highest BCUT2D eigenvalue weighted by Gasteiger charge is 2.20. The minimum atomic E-state index is -0.511. The molecule has 1 rings (SSSR count). The van der Waals surface area contributed by atoms with Crippen LogP contribution in [0.3, 0.4) is 0 Å². The third kappa shape index (κ3) is 5.83. The van der Waals surface area contributed by atoms with E-state index in [0.29, 0.717) is 5.69 Å². The van der Waals surface area contributed by atoms with E-state index in [4.69, 9.17) is 9.84 Å². The molecule has 1 heterocycles. The smallest absolute Gasteiger partial charge is 0.357 e. The monoisotopic (exact) mass is 265 g/mol. The maximum absolute atomic E-state index is 12.0. The second-order valence-corrected chi connectivity index (χ2v) is 5.55. The van der Waals surface area contributed by atoms with Gasteiger partial charge in [-0.3, -0.25) is 0 Å². The second-order valence-electron chi connectivity index (χ2n) is 5.55. The maximum Gasteiger partial charge on any atom is 0.357 e. The van der Waals surface area contributed by atoms with Crippen molar-refractivity contribution in [2.75, 3.05) is 6.61 Å². The quantitative estimate of drug-likeness (QED) is 0.634. The number of aryl methyl sites for hydroxylation is 1. The number of unbranched alkanes of at least 4 members (excludes halogenated alkanes) is 2. The topological polar surface area (TPSA) is 59.4 Å². The molecule has 0 fully saturated rings. The third-order valence-corrected chi connectivity index (χ3v) is 2.59. The Balaban J connectivity index is 2.69. The number of carbonyl (C=O) groups excluding carboxylic acids is 1. The fourth-order valence-electron chi connectivity index (χ4n) is 1.75. The molecule has 0 bridgehead atoms. The predicted molar refractivity (Wildman–Crippen MR) is 74.0 cm³/mol. The number of esters is 1. The van der Waals surface area contributed by atoms with Crippen molar-refractivity contribution < 1.29 is 14.6 Å². The van der Waals surface area contributed by atoms with Crippen LogP contribution in [0.25, 0.3) is 0 Å². The molecule has 1 N–H and O–H groups in total. The molecule has 0 atom stereocenters. The molecule has 1 aromatic heterocycles. The molecule has 0 amide bonds. The average molecular weight is 265 g/mol. The minimum absolute atomic E-state index is 0.214. The van der Waals surface area contributed by atoms with Crippen LogP contribution in [-0.2, 0) is 11.2 Å². The summed E-state index contributed by atoms with van der Waals surface area (Å²) < 4.78 is 5.35. The Morgan fingerprint density at radius 3 is 2.68 bits per heavy atom. The lowest BCUT2D eigenvalue weighted by Crippen LogP contribution is -2.25. The van der Waals surface area contributed by atoms with Crippen LogP contribution in [0.15, 0.2) is 18.3 Å². The third-order valence-electron chi connectivity index (χ3n) is 2.59. The molecule has 0 saturated carbocycles. The van der Waals surface area contributed by atoms with E-state index in [1.54, 1.807) is 6.20 Å². The first kappa shape index (κ1) is 15.6.